The lowest BCUT2D eigenvalue weighted by Gasteiger charge is -2.35. The van der Waals surface area contributed by atoms with Crippen LogP contribution >= 0.6 is 23.4 Å². The first-order valence-electron chi connectivity index (χ1n) is 11.0. The fourth-order valence-corrected chi connectivity index (χ4v) is 5.28. The van der Waals surface area contributed by atoms with Crippen LogP contribution in [0.25, 0.3) is 0 Å². The summed E-state index contributed by atoms with van der Waals surface area (Å²) in [5, 5.41) is 0.0768. The number of piperazine rings is 1. The minimum absolute atomic E-state index is 0.0768. The van der Waals surface area contributed by atoms with E-state index in [-0.39, 0.29) is 28.3 Å². The van der Waals surface area contributed by atoms with Crippen molar-refractivity contribution in [3.8, 4) is 0 Å². The Morgan fingerprint density at radius 1 is 0.818 bits per heavy atom. The van der Waals surface area contributed by atoms with Crippen molar-refractivity contribution >= 4 is 41.1 Å². The monoisotopic (exact) mass is 489 g/mol. The number of rotatable bonds is 5. The van der Waals surface area contributed by atoms with Gasteiger partial charge in [0.1, 0.15) is 5.82 Å². The van der Waals surface area contributed by atoms with Crippen LogP contribution in [-0.4, -0.2) is 77.4 Å². The van der Waals surface area contributed by atoms with E-state index in [1.807, 2.05) is 23.1 Å². The van der Waals surface area contributed by atoms with Gasteiger partial charge in [0.15, 0.2) is 0 Å². The van der Waals surface area contributed by atoms with Gasteiger partial charge in [-0.3, -0.25) is 14.4 Å². The quantitative estimate of drug-likeness (QED) is 0.599. The Bertz CT molecular complexity index is 1050. The summed E-state index contributed by atoms with van der Waals surface area (Å²) in [6.07, 6.45) is 2.10. The first-order chi connectivity index (χ1) is 15.9. The standard InChI is InChI=1S/C24H25ClFN3O3S/c25-20-15-17(26)7-8-18(20)23(31)28-11-13-29(14-12-28)24(32)19-5-1-2-6-21(19)33-16-22(30)27-9-3-4-10-27/h1-2,5-8,15H,3-4,9-14,16H2. The zero-order valence-electron chi connectivity index (χ0n) is 18.1. The molecule has 0 aliphatic carbocycles. The lowest BCUT2D eigenvalue weighted by Crippen LogP contribution is -2.50. The van der Waals surface area contributed by atoms with Gasteiger partial charge in [0, 0.05) is 44.2 Å². The molecule has 2 heterocycles. The highest BCUT2D eigenvalue weighted by atomic mass is 35.5. The van der Waals surface area contributed by atoms with Crippen LogP contribution in [0.2, 0.25) is 5.02 Å². The fraction of sp³-hybridized carbons (Fsp3) is 0.375. The van der Waals surface area contributed by atoms with Gasteiger partial charge in [-0.2, -0.15) is 0 Å². The number of hydrogen-bond donors (Lipinski definition) is 0. The van der Waals surface area contributed by atoms with Gasteiger partial charge in [0.05, 0.1) is 21.9 Å². The summed E-state index contributed by atoms with van der Waals surface area (Å²) in [5.41, 5.74) is 0.820. The second kappa shape index (κ2) is 10.6. The molecule has 9 heteroatoms. The molecule has 0 aromatic heterocycles. The van der Waals surface area contributed by atoms with Crippen LogP contribution < -0.4 is 0 Å². The van der Waals surface area contributed by atoms with Gasteiger partial charge in [-0.15, -0.1) is 11.8 Å². The van der Waals surface area contributed by atoms with Crippen molar-refractivity contribution in [1.82, 2.24) is 14.7 Å². The van der Waals surface area contributed by atoms with Crippen LogP contribution in [0.4, 0.5) is 4.39 Å². The smallest absolute Gasteiger partial charge is 0.255 e. The SMILES string of the molecule is O=C(CSc1ccccc1C(=O)N1CCN(C(=O)c2ccc(F)cc2Cl)CC1)N1CCCC1. The molecule has 2 saturated heterocycles. The molecular formula is C24H25ClFN3O3S. The molecule has 2 fully saturated rings. The molecule has 6 nitrogen and oxygen atoms in total. The number of likely N-dealkylation sites (tertiary alicyclic amines) is 1. The first-order valence-corrected chi connectivity index (χ1v) is 12.3. The predicted molar refractivity (Wildman–Crippen MR) is 126 cm³/mol. The van der Waals surface area contributed by atoms with Crippen molar-refractivity contribution in [2.24, 2.45) is 0 Å². The molecule has 3 amide bonds. The van der Waals surface area contributed by atoms with Gasteiger partial charge < -0.3 is 14.7 Å². The molecule has 2 aliphatic heterocycles. The molecule has 33 heavy (non-hydrogen) atoms. The minimum Gasteiger partial charge on any atom is -0.342 e. The summed E-state index contributed by atoms with van der Waals surface area (Å²) in [4.78, 5) is 44.4. The maximum atomic E-state index is 13.3. The summed E-state index contributed by atoms with van der Waals surface area (Å²) in [6, 6.07) is 11.0. The minimum atomic E-state index is -0.495. The van der Waals surface area contributed by atoms with Crippen molar-refractivity contribution in [1.29, 1.82) is 0 Å². The summed E-state index contributed by atoms with van der Waals surface area (Å²) in [6.45, 7) is 3.12. The highest BCUT2D eigenvalue weighted by molar-refractivity contribution is 8.00. The Kier molecular flexibility index (Phi) is 7.55. The van der Waals surface area contributed by atoms with Crippen LogP contribution in [0.1, 0.15) is 33.6 Å². The van der Waals surface area contributed by atoms with Crippen molar-refractivity contribution < 1.29 is 18.8 Å². The molecule has 2 aromatic rings. The number of benzene rings is 2. The number of amides is 3. The summed E-state index contributed by atoms with van der Waals surface area (Å²) >= 11 is 7.42. The van der Waals surface area contributed by atoms with Crippen molar-refractivity contribution in [2.75, 3.05) is 45.0 Å². The lowest BCUT2D eigenvalue weighted by molar-refractivity contribution is -0.127. The van der Waals surface area contributed by atoms with Crippen LogP contribution in [0.3, 0.4) is 0 Å². The largest absolute Gasteiger partial charge is 0.342 e. The zero-order chi connectivity index (χ0) is 23.4. The summed E-state index contributed by atoms with van der Waals surface area (Å²) in [7, 11) is 0. The van der Waals surface area contributed by atoms with E-state index in [0.29, 0.717) is 37.5 Å². The fourth-order valence-electron chi connectivity index (χ4n) is 4.08. The Labute approximate surface area is 201 Å². The molecule has 0 N–H and O–H groups in total. The molecule has 0 spiro atoms. The van der Waals surface area contributed by atoms with E-state index in [1.165, 1.54) is 23.9 Å². The highest BCUT2D eigenvalue weighted by Gasteiger charge is 2.28. The average Bonchev–Trinajstić information content (AvgIpc) is 3.37. The van der Waals surface area contributed by atoms with Crippen LogP contribution in [0, 0.1) is 5.82 Å². The average molecular weight is 490 g/mol. The Balaban J connectivity index is 1.36. The van der Waals surface area contributed by atoms with Gasteiger partial charge in [0.25, 0.3) is 11.8 Å². The predicted octanol–water partition coefficient (Wildman–Crippen LogP) is 3.79. The van der Waals surface area contributed by atoms with Crippen molar-refractivity contribution in [3.05, 3.63) is 64.4 Å². The van der Waals surface area contributed by atoms with E-state index in [4.69, 9.17) is 11.6 Å². The number of carbonyl (C=O) groups is 3. The third kappa shape index (κ3) is 5.50. The second-order valence-electron chi connectivity index (χ2n) is 8.08. The lowest BCUT2D eigenvalue weighted by atomic mass is 10.1. The van der Waals surface area contributed by atoms with E-state index in [0.717, 1.165) is 36.9 Å². The molecule has 0 unspecified atom stereocenters. The maximum Gasteiger partial charge on any atom is 0.255 e. The molecule has 2 aliphatic rings. The van der Waals surface area contributed by atoms with Gasteiger partial charge in [-0.25, -0.2) is 4.39 Å². The second-order valence-corrected chi connectivity index (χ2v) is 9.51. The molecule has 0 bridgehead atoms. The van der Waals surface area contributed by atoms with E-state index in [9.17, 15) is 18.8 Å². The first kappa shape index (κ1) is 23.6. The Hall–Kier alpha value is -2.58. The van der Waals surface area contributed by atoms with E-state index in [1.54, 1.807) is 15.9 Å². The number of thioether (sulfide) groups is 1. The molecule has 0 radical (unpaired) electrons. The molecule has 0 saturated carbocycles. The third-order valence-electron chi connectivity index (χ3n) is 5.94. The summed E-state index contributed by atoms with van der Waals surface area (Å²) < 4.78 is 13.3. The number of carbonyl (C=O) groups excluding carboxylic acids is 3. The molecule has 4 rings (SSSR count). The number of halogens is 2. The normalized spacial score (nSPS) is 16.2. The van der Waals surface area contributed by atoms with Gasteiger partial charge in [-0.1, -0.05) is 23.7 Å². The van der Waals surface area contributed by atoms with Crippen LogP contribution in [-0.2, 0) is 4.79 Å². The molecular weight excluding hydrogens is 465 g/mol. The third-order valence-corrected chi connectivity index (χ3v) is 7.31. The van der Waals surface area contributed by atoms with Gasteiger partial charge >= 0.3 is 0 Å². The van der Waals surface area contributed by atoms with Gasteiger partial charge in [0.2, 0.25) is 5.91 Å². The van der Waals surface area contributed by atoms with E-state index >= 15 is 0 Å². The van der Waals surface area contributed by atoms with Crippen molar-refractivity contribution in [2.45, 2.75) is 17.7 Å². The number of hydrogen-bond acceptors (Lipinski definition) is 4. The van der Waals surface area contributed by atoms with E-state index < -0.39 is 5.82 Å². The number of nitrogens with zero attached hydrogens (tertiary/aromatic N) is 3. The Morgan fingerprint density at radius 3 is 2.06 bits per heavy atom. The zero-order valence-corrected chi connectivity index (χ0v) is 19.7. The maximum absolute atomic E-state index is 13.3. The highest BCUT2D eigenvalue weighted by Crippen LogP contribution is 2.26. The van der Waals surface area contributed by atoms with Crippen molar-refractivity contribution in [3.63, 3.8) is 0 Å². The molecule has 174 valence electrons. The van der Waals surface area contributed by atoms with Gasteiger partial charge in [-0.05, 0) is 43.2 Å². The van der Waals surface area contributed by atoms with Crippen LogP contribution in [0.5, 0.6) is 0 Å². The molecule has 0 atom stereocenters. The van der Waals surface area contributed by atoms with E-state index in [2.05, 4.69) is 0 Å². The molecule has 2 aromatic carbocycles. The van der Waals surface area contributed by atoms with Crippen LogP contribution in [0.15, 0.2) is 47.4 Å². The topological polar surface area (TPSA) is 60.9 Å². The summed E-state index contributed by atoms with van der Waals surface area (Å²) in [5.74, 6) is -0.468. The Morgan fingerprint density at radius 2 is 1.42 bits per heavy atom.